The minimum absolute atomic E-state index is 0.166. The summed E-state index contributed by atoms with van der Waals surface area (Å²) in [5, 5.41) is 0. The van der Waals surface area contributed by atoms with Gasteiger partial charge in [0.2, 0.25) is 5.91 Å². The Kier molecular flexibility index (Phi) is 3.27. The molecule has 2 rings (SSSR count). The molecule has 0 aliphatic carbocycles. The molecule has 1 aromatic carbocycles. The Bertz CT molecular complexity index is 553. The van der Waals surface area contributed by atoms with Crippen LogP contribution >= 0.6 is 0 Å². The number of primary amides is 1. The molecular weight excluding hydrogens is 256 g/mol. The van der Waals surface area contributed by atoms with E-state index in [0.29, 0.717) is 13.0 Å². The van der Waals surface area contributed by atoms with Crippen molar-refractivity contribution >= 4 is 21.7 Å². The van der Waals surface area contributed by atoms with Gasteiger partial charge in [0.1, 0.15) is 6.04 Å². The van der Waals surface area contributed by atoms with E-state index in [0.717, 1.165) is 12.1 Å². The molecule has 1 heterocycles. The summed E-state index contributed by atoms with van der Waals surface area (Å²) in [6.07, 6.45) is 1.57. The number of nitrogens with zero attached hydrogens (tertiary/aromatic N) is 1. The third-order valence-corrected chi connectivity index (χ3v) is 3.92. The van der Waals surface area contributed by atoms with Gasteiger partial charge >= 0.3 is 0 Å². The van der Waals surface area contributed by atoms with Crippen molar-refractivity contribution in [1.82, 2.24) is 0 Å². The molecule has 18 heavy (non-hydrogen) atoms. The Balaban J connectivity index is 2.27. The van der Waals surface area contributed by atoms with Gasteiger partial charge < -0.3 is 10.6 Å². The maximum Gasteiger partial charge on any atom is 0.294 e. The molecule has 0 spiro atoms. The molecule has 3 N–H and O–H groups in total. The van der Waals surface area contributed by atoms with E-state index in [-0.39, 0.29) is 16.8 Å². The number of benzene rings is 1. The minimum Gasteiger partial charge on any atom is -0.368 e. The summed E-state index contributed by atoms with van der Waals surface area (Å²) in [6, 6.07) is 5.39. The molecule has 7 heteroatoms. The van der Waals surface area contributed by atoms with Gasteiger partial charge in [0.25, 0.3) is 10.1 Å². The van der Waals surface area contributed by atoms with Gasteiger partial charge in [-0.05, 0) is 37.1 Å². The molecular formula is C11H14N2O4S. The van der Waals surface area contributed by atoms with Crippen molar-refractivity contribution < 1.29 is 17.8 Å². The highest BCUT2D eigenvalue weighted by Crippen LogP contribution is 2.26. The summed E-state index contributed by atoms with van der Waals surface area (Å²) in [4.78, 5) is 12.9. The SMILES string of the molecule is NC(=O)[C@H]1CCCN1c1ccc(S(=O)(=O)O)cc1. The fraction of sp³-hybridized carbons (Fsp3) is 0.364. The third-order valence-electron chi connectivity index (χ3n) is 3.05. The number of nitrogens with two attached hydrogens (primary N) is 1. The van der Waals surface area contributed by atoms with Crippen LogP contribution in [-0.4, -0.2) is 31.5 Å². The number of amides is 1. The van der Waals surface area contributed by atoms with E-state index < -0.39 is 10.1 Å². The van der Waals surface area contributed by atoms with Crippen molar-refractivity contribution in [3.05, 3.63) is 24.3 Å². The summed E-state index contributed by atoms with van der Waals surface area (Å²) < 4.78 is 30.7. The van der Waals surface area contributed by atoms with E-state index >= 15 is 0 Å². The fourth-order valence-electron chi connectivity index (χ4n) is 2.18. The van der Waals surface area contributed by atoms with Crippen LogP contribution in [0.25, 0.3) is 0 Å². The lowest BCUT2D eigenvalue weighted by Gasteiger charge is -2.24. The van der Waals surface area contributed by atoms with Crippen LogP contribution in [0.15, 0.2) is 29.2 Å². The van der Waals surface area contributed by atoms with Crippen molar-refractivity contribution in [3.8, 4) is 0 Å². The van der Waals surface area contributed by atoms with Gasteiger partial charge in [-0.15, -0.1) is 0 Å². The number of anilines is 1. The van der Waals surface area contributed by atoms with Gasteiger partial charge in [-0.2, -0.15) is 8.42 Å². The molecule has 0 unspecified atom stereocenters. The number of hydrogen-bond acceptors (Lipinski definition) is 4. The highest BCUT2D eigenvalue weighted by atomic mass is 32.2. The van der Waals surface area contributed by atoms with Gasteiger partial charge in [0, 0.05) is 12.2 Å². The number of carbonyl (C=O) groups excluding carboxylic acids is 1. The first-order valence-corrected chi connectivity index (χ1v) is 6.97. The third kappa shape index (κ3) is 2.46. The zero-order chi connectivity index (χ0) is 13.3. The van der Waals surface area contributed by atoms with Gasteiger partial charge in [0.15, 0.2) is 0 Å². The average Bonchev–Trinajstić information content (AvgIpc) is 2.77. The lowest BCUT2D eigenvalue weighted by molar-refractivity contribution is -0.119. The molecule has 1 fully saturated rings. The molecule has 1 aliphatic heterocycles. The zero-order valence-corrected chi connectivity index (χ0v) is 10.4. The Labute approximate surface area is 105 Å². The molecule has 0 bridgehead atoms. The second-order valence-electron chi connectivity index (χ2n) is 4.22. The standard InChI is InChI=1S/C11H14N2O4S/c12-11(14)10-2-1-7-13(10)8-3-5-9(6-4-8)18(15,16)17/h3-6,10H,1-2,7H2,(H2,12,14)(H,15,16,17)/t10-/m1/s1. The number of hydrogen-bond donors (Lipinski definition) is 2. The Morgan fingerprint density at radius 1 is 1.33 bits per heavy atom. The first-order valence-electron chi connectivity index (χ1n) is 5.53. The van der Waals surface area contributed by atoms with Gasteiger partial charge in [-0.3, -0.25) is 9.35 Å². The van der Waals surface area contributed by atoms with E-state index in [1.807, 2.05) is 4.90 Å². The molecule has 0 aromatic heterocycles. The summed E-state index contributed by atoms with van der Waals surface area (Å²) in [5.41, 5.74) is 6.03. The Morgan fingerprint density at radius 3 is 2.44 bits per heavy atom. The smallest absolute Gasteiger partial charge is 0.294 e. The van der Waals surface area contributed by atoms with Crippen LogP contribution in [0.1, 0.15) is 12.8 Å². The fourth-order valence-corrected chi connectivity index (χ4v) is 2.66. The topological polar surface area (TPSA) is 101 Å². The maximum atomic E-state index is 11.3. The van der Waals surface area contributed by atoms with Crippen molar-refractivity contribution in [2.75, 3.05) is 11.4 Å². The van der Waals surface area contributed by atoms with Crippen LogP contribution in [0, 0.1) is 0 Å². The van der Waals surface area contributed by atoms with E-state index in [9.17, 15) is 13.2 Å². The first-order chi connectivity index (χ1) is 8.39. The maximum absolute atomic E-state index is 11.3. The van der Waals surface area contributed by atoms with Crippen LogP contribution in [0.3, 0.4) is 0 Å². The average molecular weight is 270 g/mol. The summed E-state index contributed by atoms with van der Waals surface area (Å²) in [6.45, 7) is 0.707. The van der Waals surface area contributed by atoms with Crippen molar-refractivity contribution in [1.29, 1.82) is 0 Å². The number of carbonyl (C=O) groups is 1. The van der Waals surface area contributed by atoms with Gasteiger partial charge in [-0.25, -0.2) is 0 Å². The molecule has 1 aliphatic rings. The van der Waals surface area contributed by atoms with E-state index in [2.05, 4.69) is 0 Å². The number of rotatable bonds is 3. The summed E-state index contributed by atoms with van der Waals surface area (Å²) in [5.74, 6) is -0.383. The molecule has 1 amide bonds. The van der Waals surface area contributed by atoms with Crippen LogP contribution in [0.2, 0.25) is 0 Å². The normalized spacial score (nSPS) is 20.1. The second kappa shape index (κ2) is 4.58. The van der Waals surface area contributed by atoms with Crippen LogP contribution < -0.4 is 10.6 Å². The zero-order valence-electron chi connectivity index (χ0n) is 9.61. The van der Waals surface area contributed by atoms with Crippen LogP contribution in [0.5, 0.6) is 0 Å². The van der Waals surface area contributed by atoms with Crippen molar-refractivity contribution in [2.45, 2.75) is 23.8 Å². The van der Waals surface area contributed by atoms with E-state index in [1.165, 1.54) is 12.1 Å². The molecule has 0 saturated carbocycles. The molecule has 6 nitrogen and oxygen atoms in total. The Morgan fingerprint density at radius 2 is 1.94 bits per heavy atom. The molecule has 98 valence electrons. The molecule has 0 radical (unpaired) electrons. The highest BCUT2D eigenvalue weighted by molar-refractivity contribution is 7.85. The lowest BCUT2D eigenvalue weighted by Crippen LogP contribution is -2.40. The monoisotopic (exact) mass is 270 g/mol. The van der Waals surface area contributed by atoms with Crippen LogP contribution in [0.4, 0.5) is 5.69 Å². The Hall–Kier alpha value is -1.60. The molecule has 1 aromatic rings. The minimum atomic E-state index is -4.18. The van der Waals surface area contributed by atoms with Crippen molar-refractivity contribution in [2.24, 2.45) is 5.73 Å². The van der Waals surface area contributed by atoms with E-state index in [1.54, 1.807) is 12.1 Å². The largest absolute Gasteiger partial charge is 0.368 e. The summed E-state index contributed by atoms with van der Waals surface area (Å²) >= 11 is 0. The van der Waals surface area contributed by atoms with Gasteiger partial charge in [-0.1, -0.05) is 0 Å². The molecule has 1 saturated heterocycles. The predicted octanol–water partition coefficient (Wildman–Crippen LogP) is 0.387. The predicted molar refractivity (Wildman–Crippen MR) is 65.8 cm³/mol. The van der Waals surface area contributed by atoms with Gasteiger partial charge in [0.05, 0.1) is 4.90 Å². The van der Waals surface area contributed by atoms with Crippen LogP contribution in [-0.2, 0) is 14.9 Å². The summed E-state index contributed by atoms with van der Waals surface area (Å²) in [7, 11) is -4.18. The first kappa shape index (κ1) is 12.8. The highest BCUT2D eigenvalue weighted by Gasteiger charge is 2.29. The second-order valence-corrected chi connectivity index (χ2v) is 5.64. The molecule has 1 atom stereocenters. The quantitative estimate of drug-likeness (QED) is 0.774. The lowest BCUT2D eigenvalue weighted by atomic mass is 10.2. The van der Waals surface area contributed by atoms with E-state index in [4.69, 9.17) is 10.3 Å². The van der Waals surface area contributed by atoms with Crippen molar-refractivity contribution in [3.63, 3.8) is 0 Å².